The van der Waals surface area contributed by atoms with E-state index in [0.29, 0.717) is 18.3 Å². The van der Waals surface area contributed by atoms with Crippen LogP contribution in [0, 0.1) is 0 Å². The largest absolute Gasteiger partial charge is 0.508 e. The molecule has 0 amide bonds. The van der Waals surface area contributed by atoms with Crippen LogP contribution in [-0.4, -0.2) is 64.1 Å². The summed E-state index contributed by atoms with van der Waals surface area (Å²) in [6, 6.07) is 20.6. The maximum absolute atomic E-state index is 9.83. The topological polar surface area (TPSA) is 63.2 Å². The van der Waals surface area contributed by atoms with Crippen LogP contribution in [0.1, 0.15) is 34.6 Å². The molecule has 1 atom stereocenters. The fraction of sp³-hybridized carbons (Fsp3) is 0.419. The number of rotatable bonds is 13. The average Bonchev–Trinajstić information content (AvgIpc) is 2.92. The van der Waals surface area contributed by atoms with Crippen LogP contribution in [-0.2, 0) is 24.0 Å². The van der Waals surface area contributed by atoms with Crippen LogP contribution in [0.5, 0.6) is 17.2 Å². The van der Waals surface area contributed by atoms with Gasteiger partial charge in [0.1, 0.15) is 23.9 Å². The number of likely N-dealkylation sites (N-methyl/N-ethyl adjacent to an activating group) is 1. The van der Waals surface area contributed by atoms with Crippen molar-refractivity contribution < 1.29 is 19.3 Å². The van der Waals surface area contributed by atoms with Crippen LogP contribution in [0.3, 0.4) is 0 Å². The zero-order valence-electron chi connectivity index (χ0n) is 22.3. The van der Waals surface area contributed by atoms with Gasteiger partial charge in [0.05, 0.1) is 13.7 Å². The summed E-state index contributed by atoms with van der Waals surface area (Å²) in [7, 11) is 5.51. The van der Waals surface area contributed by atoms with Crippen molar-refractivity contribution >= 4 is 5.69 Å². The molecule has 198 valence electrons. The van der Waals surface area contributed by atoms with E-state index < -0.39 is 0 Å². The summed E-state index contributed by atoms with van der Waals surface area (Å²) in [5, 5.41) is 13.5. The Hall–Kier alpha value is -3.22. The summed E-state index contributed by atoms with van der Waals surface area (Å²) in [6.45, 7) is 4.00. The van der Waals surface area contributed by atoms with Gasteiger partial charge < -0.3 is 29.5 Å². The molecule has 6 nitrogen and oxygen atoms in total. The van der Waals surface area contributed by atoms with E-state index in [-0.39, 0.29) is 0 Å². The molecule has 2 N–H and O–H groups in total. The highest BCUT2D eigenvalue weighted by Crippen LogP contribution is 2.38. The van der Waals surface area contributed by atoms with Crippen molar-refractivity contribution in [3.63, 3.8) is 0 Å². The van der Waals surface area contributed by atoms with Crippen molar-refractivity contribution in [1.29, 1.82) is 0 Å². The Labute approximate surface area is 221 Å². The molecule has 1 aliphatic rings. The number of nitrogens with zero attached hydrogens (tertiary/aromatic N) is 1. The lowest BCUT2D eigenvalue weighted by molar-refractivity contribution is 0.150. The number of anilines is 1. The maximum atomic E-state index is 9.83. The summed E-state index contributed by atoms with van der Waals surface area (Å²) >= 11 is 0. The SMILES string of the molecule is COCCN(C)CCOc1ccc(CCNc2cc(OC)ccc2C2CCc3cc(O)ccc3C2)cc1. The highest BCUT2D eigenvalue weighted by atomic mass is 16.5. The molecule has 0 saturated heterocycles. The molecule has 3 aromatic carbocycles. The summed E-state index contributed by atoms with van der Waals surface area (Å²) in [5.74, 6) is 2.56. The minimum Gasteiger partial charge on any atom is -0.508 e. The lowest BCUT2D eigenvalue weighted by atomic mass is 9.79. The van der Waals surface area contributed by atoms with Gasteiger partial charge in [-0.25, -0.2) is 0 Å². The van der Waals surface area contributed by atoms with Crippen LogP contribution in [0.15, 0.2) is 60.7 Å². The number of methoxy groups -OCH3 is 2. The van der Waals surface area contributed by atoms with Crippen LogP contribution in [0.2, 0.25) is 0 Å². The number of aromatic hydroxyl groups is 1. The van der Waals surface area contributed by atoms with Crippen LogP contribution in [0.25, 0.3) is 0 Å². The Balaban J connectivity index is 1.32. The van der Waals surface area contributed by atoms with E-state index in [9.17, 15) is 5.11 Å². The highest BCUT2D eigenvalue weighted by molar-refractivity contribution is 5.58. The van der Waals surface area contributed by atoms with Crippen LogP contribution in [0.4, 0.5) is 5.69 Å². The Kier molecular flexibility index (Phi) is 9.69. The first-order valence-electron chi connectivity index (χ1n) is 13.2. The predicted octanol–water partition coefficient (Wildman–Crippen LogP) is 5.28. The molecule has 0 aliphatic heterocycles. The van der Waals surface area contributed by atoms with Crippen molar-refractivity contribution in [2.24, 2.45) is 0 Å². The second kappa shape index (κ2) is 13.4. The monoisotopic (exact) mass is 504 g/mol. The summed E-state index contributed by atoms with van der Waals surface area (Å²) < 4.78 is 16.5. The maximum Gasteiger partial charge on any atom is 0.120 e. The number of nitrogens with one attached hydrogen (secondary N) is 1. The van der Waals surface area contributed by atoms with Crippen molar-refractivity contribution in [2.45, 2.75) is 31.6 Å². The van der Waals surface area contributed by atoms with Gasteiger partial charge in [0.15, 0.2) is 0 Å². The highest BCUT2D eigenvalue weighted by Gasteiger charge is 2.23. The fourth-order valence-electron chi connectivity index (χ4n) is 4.95. The smallest absolute Gasteiger partial charge is 0.120 e. The van der Waals surface area contributed by atoms with Crippen molar-refractivity contribution in [3.8, 4) is 17.2 Å². The van der Waals surface area contributed by atoms with Gasteiger partial charge in [-0.2, -0.15) is 0 Å². The first kappa shape index (κ1) is 26.8. The number of hydrogen-bond acceptors (Lipinski definition) is 6. The van der Waals surface area contributed by atoms with Gasteiger partial charge in [0.25, 0.3) is 0 Å². The second-order valence-electron chi connectivity index (χ2n) is 9.81. The Morgan fingerprint density at radius 1 is 0.919 bits per heavy atom. The zero-order valence-corrected chi connectivity index (χ0v) is 22.3. The number of phenols is 1. The minimum atomic E-state index is 0.356. The molecule has 0 saturated carbocycles. The van der Waals surface area contributed by atoms with E-state index in [2.05, 4.69) is 65.8 Å². The second-order valence-corrected chi connectivity index (χ2v) is 9.81. The number of hydrogen-bond donors (Lipinski definition) is 2. The molecule has 37 heavy (non-hydrogen) atoms. The molecule has 0 spiro atoms. The molecule has 1 aliphatic carbocycles. The van der Waals surface area contributed by atoms with Crippen molar-refractivity contribution in [1.82, 2.24) is 4.90 Å². The molecule has 3 aromatic rings. The summed E-state index contributed by atoms with van der Waals surface area (Å²) in [4.78, 5) is 2.20. The molecule has 1 unspecified atom stereocenters. The Morgan fingerprint density at radius 3 is 2.49 bits per heavy atom. The van der Waals surface area contributed by atoms with Crippen molar-refractivity contribution in [3.05, 3.63) is 82.9 Å². The van der Waals surface area contributed by atoms with E-state index in [1.54, 1.807) is 20.3 Å². The third kappa shape index (κ3) is 7.63. The number of phenolic OH excluding ortho intramolecular Hbond substituents is 1. The molecule has 6 heteroatoms. The van der Waals surface area contributed by atoms with Crippen LogP contribution < -0.4 is 14.8 Å². The normalized spacial score (nSPS) is 14.9. The van der Waals surface area contributed by atoms with E-state index in [1.165, 1.54) is 22.3 Å². The molecule has 0 aromatic heterocycles. The lowest BCUT2D eigenvalue weighted by Crippen LogP contribution is -2.27. The molecule has 0 bridgehead atoms. The van der Waals surface area contributed by atoms with Gasteiger partial charge >= 0.3 is 0 Å². The summed E-state index contributed by atoms with van der Waals surface area (Å²) in [5.41, 5.74) is 6.35. The van der Waals surface area contributed by atoms with E-state index in [4.69, 9.17) is 14.2 Å². The van der Waals surface area contributed by atoms with E-state index >= 15 is 0 Å². The van der Waals surface area contributed by atoms with Gasteiger partial charge in [0, 0.05) is 38.5 Å². The van der Waals surface area contributed by atoms with Gasteiger partial charge in [-0.05, 0) is 91.2 Å². The third-order valence-electron chi connectivity index (χ3n) is 7.19. The average molecular weight is 505 g/mol. The lowest BCUT2D eigenvalue weighted by Gasteiger charge is -2.27. The molecule has 0 fully saturated rings. The van der Waals surface area contributed by atoms with E-state index in [1.807, 2.05) is 6.07 Å². The van der Waals surface area contributed by atoms with E-state index in [0.717, 1.165) is 69.1 Å². The zero-order chi connectivity index (χ0) is 26.0. The first-order chi connectivity index (χ1) is 18.1. The number of aryl methyl sites for hydroxylation is 1. The fourth-order valence-corrected chi connectivity index (χ4v) is 4.95. The molecule has 4 rings (SSSR count). The Bertz CT molecular complexity index is 1130. The number of benzene rings is 3. The predicted molar refractivity (Wildman–Crippen MR) is 149 cm³/mol. The molecule has 0 radical (unpaired) electrons. The first-order valence-corrected chi connectivity index (χ1v) is 13.2. The summed E-state index contributed by atoms with van der Waals surface area (Å²) in [6.07, 6.45) is 3.96. The number of fused-ring (bicyclic) bond motifs is 1. The van der Waals surface area contributed by atoms with Gasteiger partial charge in [-0.15, -0.1) is 0 Å². The standard InChI is InChI=1S/C31H40N2O4/c1-33(16-18-35-2)17-19-37-28-10-4-23(5-11-28)14-15-32-31-22-29(36-3)12-13-30(31)26-7-6-25-21-27(34)9-8-24(25)20-26/h4-5,8-13,21-22,26,32,34H,6-7,14-20H2,1-3H3. The minimum absolute atomic E-state index is 0.356. The Morgan fingerprint density at radius 2 is 1.70 bits per heavy atom. The molecular weight excluding hydrogens is 464 g/mol. The third-order valence-corrected chi connectivity index (χ3v) is 7.19. The van der Waals surface area contributed by atoms with Gasteiger partial charge in [0.2, 0.25) is 0 Å². The molecule has 0 heterocycles. The quantitative estimate of drug-likeness (QED) is 0.330. The van der Waals surface area contributed by atoms with Crippen LogP contribution >= 0.6 is 0 Å². The van der Waals surface area contributed by atoms with Crippen molar-refractivity contribution in [2.75, 3.05) is 59.4 Å². The molecular formula is C31H40N2O4. The van der Waals surface area contributed by atoms with Gasteiger partial charge in [-0.1, -0.05) is 24.3 Å². The van der Waals surface area contributed by atoms with Gasteiger partial charge in [-0.3, -0.25) is 0 Å². The number of ether oxygens (including phenoxy) is 3.